The highest BCUT2D eigenvalue weighted by Crippen LogP contribution is 2.07. The third kappa shape index (κ3) is 13.1. The van der Waals surface area contributed by atoms with Crippen LogP contribution in [0.25, 0.3) is 0 Å². The lowest BCUT2D eigenvalue weighted by Crippen LogP contribution is -2.21. The summed E-state index contributed by atoms with van der Waals surface area (Å²) in [4.78, 5) is 21.4. The summed E-state index contributed by atoms with van der Waals surface area (Å²) < 4.78 is 15.2. The average molecular weight is 276 g/mol. The van der Waals surface area contributed by atoms with Crippen LogP contribution in [0.2, 0.25) is 0 Å². The molecule has 112 valence electrons. The Morgan fingerprint density at radius 3 is 2.26 bits per heavy atom. The van der Waals surface area contributed by atoms with Crippen molar-refractivity contribution in [3.8, 4) is 0 Å². The van der Waals surface area contributed by atoms with Gasteiger partial charge < -0.3 is 19.3 Å². The topological polar surface area (TPSA) is 82.1 Å². The molecule has 0 aromatic rings. The number of hydrogen-bond acceptors (Lipinski definition) is 6. The molecule has 0 saturated carbocycles. The van der Waals surface area contributed by atoms with Crippen LogP contribution in [0, 0.1) is 0 Å². The van der Waals surface area contributed by atoms with E-state index < -0.39 is 12.3 Å². The Morgan fingerprint density at radius 1 is 1.00 bits per heavy atom. The van der Waals surface area contributed by atoms with Crippen molar-refractivity contribution in [1.82, 2.24) is 0 Å². The number of carbonyl (C=O) groups excluding carboxylic acids is 2. The van der Waals surface area contributed by atoms with E-state index in [0.29, 0.717) is 26.1 Å². The SMILES string of the molecule is CC(=O)OCCCCCOC(CCCO)OC(C)=O. The van der Waals surface area contributed by atoms with E-state index in [-0.39, 0.29) is 12.6 Å². The molecule has 0 radical (unpaired) electrons. The molecule has 0 bridgehead atoms. The summed E-state index contributed by atoms with van der Waals surface area (Å²) in [6.45, 7) is 3.66. The molecule has 1 N–H and O–H groups in total. The molecule has 0 rings (SSSR count). The van der Waals surface area contributed by atoms with Crippen LogP contribution in [0.5, 0.6) is 0 Å². The summed E-state index contributed by atoms with van der Waals surface area (Å²) in [5, 5.41) is 8.73. The number of ether oxygens (including phenoxy) is 3. The smallest absolute Gasteiger partial charge is 0.304 e. The van der Waals surface area contributed by atoms with E-state index in [1.54, 1.807) is 0 Å². The highest BCUT2D eigenvalue weighted by molar-refractivity contribution is 5.66. The van der Waals surface area contributed by atoms with Gasteiger partial charge in [0.1, 0.15) is 0 Å². The van der Waals surface area contributed by atoms with Crippen molar-refractivity contribution in [3.05, 3.63) is 0 Å². The summed E-state index contributed by atoms with van der Waals surface area (Å²) in [5.74, 6) is -0.659. The van der Waals surface area contributed by atoms with Gasteiger partial charge in [-0.2, -0.15) is 0 Å². The highest BCUT2D eigenvalue weighted by atomic mass is 16.7. The van der Waals surface area contributed by atoms with Gasteiger partial charge in [-0.05, 0) is 25.7 Å². The van der Waals surface area contributed by atoms with Gasteiger partial charge in [-0.25, -0.2) is 0 Å². The zero-order valence-electron chi connectivity index (χ0n) is 11.7. The number of esters is 2. The minimum absolute atomic E-state index is 0.0451. The minimum Gasteiger partial charge on any atom is -0.466 e. The first kappa shape index (κ1) is 17.9. The van der Waals surface area contributed by atoms with Crippen LogP contribution in [-0.2, 0) is 23.8 Å². The van der Waals surface area contributed by atoms with Crippen LogP contribution in [0.1, 0.15) is 46.0 Å². The predicted octanol–water partition coefficient (Wildman–Crippen LogP) is 1.40. The van der Waals surface area contributed by atoms with Crippen molar-refractivity contribution in [2.45, 2.75) is 52.2 Å². The molecule has 0 saturated heterocycles. The van der Waals surface area contributed by atoms with Gasteiger partial charge in [-0.15, -0.1) is 0 Å². The minimum atomic E-state index is -0.585. The van der Waals surface area contributed by atoms with E-state index in [4.69, 9.17) is 19.3 Å². The molecule has 0 aliphatic carbocycles. The molecule has 1 atom stereocenters. The van der Waals surface area contributed by atoms with Crippen LogP contribution in [0.3, 0.4) is 0 Å². The lowest BCUT2D eigenvalue weighted by atomic mass is 10.2. The van der Waals surface area contributed by atoms with Crippen LogP contribution in [-0.4, -0.2) is 43.2 Å². The normalized spacial score (nSPS) is 11.9. The molecular formula is C13H24O6. The predicted molar refractivity (Wildman–Crippen MR) is 68.3 cm³/mol. The van der Waals surface area contributed by atoms with E-state index in [2.05, 4.69) is 0 Å². The Bertz CT molecular complexity index is 254. The molecule has 0 heterocycles. The molecule has 0 aromatic heterocycles. The fraction of sp³-hybridized carbons (Fsp3) is 0.846. The molecule has 0 aliphatic rings. The Hall–Kier alpha value is -1.14. The van der Waals surface area contributed by atoms with Crippen molar-refractivity contribution in [2.75, 3.05) is 19.8 Å². The first-order valence-corrected chi connectivity index (χ1v) is 6.59. The van der Waals surface area contributed by atoms with Crippen molar-refractivity contribution < 1.29 is 28.9 Å². The number of aliphatic hydroxyl groups excluding tert-OH is 1. The molecule has 6 nitrogen and oxygen atoms in total. The summed E-state index contributed by atoms with van der Waals surface area (Å²) in [6, 6.07) is 0. The first-order valence-electron chi connectivity index (χ1n) is 6.59. The van der Waals surface area contributed by atoms with E-state index in [9.17, 15) is 9.59 Å². The summed E-state index contributed by atoms with van der Waals surface area (Å²) in [5.41, 5.74) is 0. The number of aliphatic hydroxyl groups is 1. The Labute approximate surface area is 114 Å². The molecule has 19 heavy (non-hydrogen) atoms. The molecule has 0 aliphatic heterocycles. The largest absolute Gasteiger partial charge is 0.466 e. The van der Waals surface area contributed by atoms with Gasteiger partial charge in [0.05, 0.1) is 13.2 Å². The van der Waals surface area contributed by atoms with E-state index in [1.165, 1.54) is 13.8 Å². The van der Waals surface area contributed by atoms with Crippen LogP contribution >= 0.6 is 0 Å². The van der Waals surface area contributed by atoms with Crippen LogP contribution < -0.4 is 0 Å². The van der Waals surface area contributed by atoms with Gasteiger partial charge in [0.25, 0.3) is 0 Å². The third-order valence-electron chi connectivity index (χ3n) is 2.29. The summed E-state index contributed by atoms with van der Waals surface area (Å²) in [7, 11) is 0. The highest BCUT2D eigenvalue weighted by Gasteiger charge is 2.11. The molecule has 6 heteroatoms. The Balaban J connectivity index is 3.56. The van der Waals surface area contributed by atoms with Gasteiger partial charge in [-0.3, -0.25) is 9.59 Å². The molecular weight excluding hydrogens is 252 g/mol. The van der Waals surface area contributed by atoms with Crippen LogP contribution in [0.4, 0.5) is 0 Å². The molecule has 1 unspecified atom stereocenters. The number of hydrogen-bond donors (Lipinski definition) is 1. The van der Waals surface area contributed by atoms with Gasteiger partial charge in [0.2, 0.25) is 6.29 Å². The monoisotopic (exact) mass is 276 g/mol. The maximum atomic E-state index is 10.8. The number of rotatable bonds is 11. The maximum absolute atomic E-state index is 10.8. The van der Waals surface area contributed by atoms with Crippen LogP contribution in [0.15, 0.2) is 0 Å². The van der Waals surface area contributed by atoms with Gasteiger partial charge in [0.15, 0.2) is 0 Å². The second-order valence-electron chi connectivity index (χ2n) is 4.18. The fourth-order valence-electron chi connectivity index (χ4n) is 1.43. The van der Waals surface area contributed by atoms with Crippen molar-refractivity contribution in [2.24, 2.45) is 0 Å². The van der Waals surface area contributed by atoms with Gasteiger partial charge in [-0.1, -0.05) is 0 Å². The van der Waals surface area contributed by atoms with Crippen molar-refractivity contribution in [1.29, 1.82) is 0 Å². The molecule has 0 fully saturated rings. The lowest BCUT2D eigenvalue weighted by Gasteiger charge is -2.17. The summed E-state index contributed by atoms with van der Waals surface area (Å²) in [6.07, 6.45) is 2.90. The standard InChI is InChI=1S/C13H24O6/c1-11(15)17-9-4-3-5-10-18-13(7-6-8-14)19-12(2)16/h13-14H,3-10H2,1-2H3. The number of unbranched alkanes of at least 4 members (excludes halogenated alkanes) is 2. The third-order valence-corrected chi connectivity index (χ3v) is 2.29. The van der Waals surface area contributed by atoms with Crippen molar-refractivity contribution >= 4 is 11.9 Å². The first-order chi connectivity index (χ1) is 9.06. The molecule has 0 spiro atoms. The van der Waals surface area contributed by atoms with E-state index >= 15 is 0 Å². The molecule has 0 amide bonds. The van der Waals surface area contributed by atoms with E-state index in [1.807, 2.05) is 0 Å². The quantitative estimate of drug-likeness (QED) is 0.349. The average Bonchev–Trinajstić information content (AvgIpc) is 2.33. The Morgan fingerprint density at radius 2 is 1.68 bits per heavy atom. The molecule has 0 aromatic carbocycles. The Kier molecular flexibility index (Phi) is 11.2. The number of carbonyl (C=O) groups is 2. The lowest BCUT2D eigenvalue weighted by molar-refractivity contribution is -0.178. The zero-order chi connectivity index (χ0) is 14.5. The maximum Gasteiger partial charge on any atom is 0.304 e. The van der Waals surface area contributed by atoms with Gasteiger partial charge >= 0.3 is 11.9 Å². The summed E-state index contributed by atoms with van der Waals surface area (Å²) >= 11 is 0. The second-order valence-corrected chi connectivity index (χ2v) is 4.18. The van der Waals surface area contributed by atoms with Crippen molar-refractivity contribution in [3.63, 3.8) is 0 Å². The van der Waals surface area contributed by atoms with Gasteiger partial charge in [0, 0.05) is 26.9 Å². The van der Waals surface area contributed by atoms with E-state index in [0.717, 1.165) is 19.3 Å². The zero-order valence-corrected chi connectivity index (χ0v) is 11.7. The second kappa shape index (κ2) is 11.9. The fourth-order valence-corrected chi connectivity index (χ4v) is 1.43.